The van der Waals surface area contributed by atoms with E-state index in [0.717, 1.165) is 6.42 Å². The first-order chi connectivity index (χ1) is 13.3. The molecule has 9 heteroatoms. The maximum atomic E-state index is 13.4. The summed E-state index contributed by atoms with van der Waals surface area (Å²) >= 11 is 0. The Morgan fingerprint density at radius 2 is 1.93 bits per heavy atom. The van der Waals surface area contributed by atoms with Gasteiger partial charge in [-0.25, -0.2) is 0 Å². The van der Waals surface area contributed by atoms with Crippen LogP contribution in [0.15, 0.2) is 18.2 Å². The molecule has 4 atom stereocenters. The molecule has 0 radical (unpaired) electrons. The van der Waals surface area contributed by atoms with Crippen molar-refractivity contribution in [3.05, 3.63) is 23.8 Å². The Labute approximate surface area is 160 Å². The number of ether oxygens (including phenoxy) is 3. The molecule has 2 heterocycles. The molecule has 0 bridgehead atoms. The minimum atomic E-state index is -3.77. The van der Waals surface area contributed by atoms with E-state index >= 15 is 0 Å². The molecular weight excluding hydrogens is 374 g/mol. The highest BCUT2D eigenvalue weighted by atomic mass is 19.3. The smallest absolute Gasteiger partial charge is 0.395 e. The van der Waals surface area contributed by atoms with E-state index in [-0.39, 0.29) is 52.9 Å². The quantitative estimate of drug-likeness (QED) is 0.846. The summed E-state index contributed by atoms with van der Waals surface area (Å²) in [4.78, 5) is 26.1. The fourth-order valence-corrected chi connectivity index (χ4v) is 4.56. The predicted molar refractivity (Wildman–Crippen MR) is 93.2 cm³/mol. The van der Waals surface area contributed by atoms with Crippen LogP contribution < -0.4 is 14.8 Å². The van der Waals surface area contributed by atoms with Crippen LogP contribution in [0.2, 0.25) is 0 Å². The summed E-state index contributed by atoms with van der Waals surface area (Å²) < 4.78 is 41.3. The molecule has 1 aliphatic carbocycles. The average molecular weight is 396 g/mol. The lowest BCUT2D eigenvalue weighted by Crippen LogP contribution is -2.49. The van der Waals surface area contributed by atoms with Gasteiger partial charge in [-0.05, 0) is 36.8 Å². The van der Waals surface area contributed by atoms with Crippen molar-refractivity contribution in [2.45, 2.75) is 38.2 Å². The van der Waals surface area contributed by atoms with Gasteiger partial charge in [-0.1, -0.05) is 6.07 Å². The van der Waals surface area contributed by atoms with E-state index in [1.807, 2.05) is 0 Å². The van der Waals surface area contributed by atoms with E-state index in [1.54, 1.807) is 12.0 Å². The van der Waals surface area contributed by atoms with Crippen molar-refractivity contribution in [1.29, 1.82) is 0 Å². The predicted octanol–water partition coefficient (Wildman–Crippen LogP) is 2.01. The number of carbonyl (C=O) groups excluding carboxylic acids is 2. The van der Waals surface area contributed by atoms with Crippen LogP contribution in [0, 0.1) is 11.8 Å². The fraction of sp³-hybridized carbons (Fsp3) is 0.579. The van der Waals surface area contributed by atoms with Crippen LogP contribution in [-0.2, 0) is 9.53 Å². The first-order valence-corrected chi connectivity index (χ1v) is 9.25. The molecular formula is C19H22F2N2O5. The molecule has 152 valence electrons. The van der Waals surface area contributed by atoms with Gasteiger partial charge in [0, 0.05) is 27.1 Å². The molecule has 1 saturated heterocycles. The van der Waals surface area contributed by atoms with Gasteiger partial charge in [0.05, 0.1) is 17.7 Å². The van der Waals surface area contributed by atoms with Gasteiger partial charge in [-0.2, -0.15) is 0 Å². The lowest BCUT2D eigenvalue weighted by molar-refractivity contribution is -0.286. The summed E-state index contributed by atoms with van der Waals surface area (Å²) in [6, 6.07) is 4.20. The molecule has 2 fully saturated rings. The Hall–Kier alpha value is -2.42. The molecule has 28 heavy (non-hydrogen) atoms. The number of amides is 2. The molecule has 0 aromatic heterocycles. The van der Waals surface area contributed by atoms with Gasteiger partial charge >= 0.3 is 6.29 Å². The number of nitrogens with one attached hydrogen (secondary N) is 1. The monoisotopic (exact) mass is 396 g/mol. The zero-order chi connectivity index (χ0) is 20.1. The number of likely N-dealkylation sites (tertiary alicyclic amines) is 1. The number of carbonyl (C=O) groups is 2. The zero-order valence-electron chi connectivity index (χ0n) is 15.6. The Bertz CT molecular complexity index is 803. The second-order valence-corrected chi connectivity index (χ2v) is 7.58. The van der Waals surface area contributed by atoms with Crippen molar-refractivity contribution < 1.29 is 32.6 Å². The van der Waals surface area contributed by atoms with Gasteiger partial charge in [0.25, 0.3) is 5.91 Å². The van der Waals surface area contributed by atoms with Crippen LogP contribution in [0.4, 0.5) is 8.78 Å². The lowest BCUT2D eigenvalue weighted by atomic mass is 9.77. The molecule has 0 unspecified atom stereocenters. The Balaban J connectivity index is 1.50. The standard InChI is InChI=1S/C19H22F2N2O5/c1-10(24)22-14-6-11-8-23(9-12(11)7-16(14)26-2)18(25)13-4-3-5-15-17(13)28-19(20,21)27-15/h3-5,11-12,14,16H,6-9H2,1-2H3,(H,22,24)/t11-,12+,14-,16-/m1/s1. The van der Waals surface area contributed by atoms with E-state index in [1.165, 1.54) is 25.1 Å². The van der Waals surface area contributed by atoms with Gasteiger partial charge in [0.2, 0.25) is 5.91 Å². The van der Waals surface area contributed by atoms with Crippen molar-refractivity contribution in [2.24, 2.45) is 11.8 Å². The molecule has 4 rings (SSSR count). The third kappa shape index (κ3) is 3.39. The summed E-state index contributed by atoms with van der Waals surface area (Å²) in [5, 5.41) is 2.93. The average Bonchev–Trinajstić information content (AvgIpc) is 3.17. The number of benzene rings is 1. The van der Waals surface area contributed by atoms with Crippen LogP contribution in [0.25, 0.3) is 0 Å². The van der Waals surface area contributed by atoms with Gasteiger partial charge in [0.1, 0.15) is 0 Å². The van der Waals surface area contributed by atoms with E-state index in [2.05, 4.69) is 14.8 Å². The number of para-hydroxylation sites is 1. The Morgan fingerprint density at radius 3 is 2.61 bits per heavy atom. The van der Waals surface area contributed by atoms with Crippen LogP contribution in [0.3, 0.4) is 0 Å². The minimum absolute atomic E-state index is 0.0648. The van der Waals surface area contributed by atoms with E-state index in [9.17, 15) is 18.4 Å². The topological polar surface area (TPSA) is 77.1 Å². The molecule has 2 amide bonds. The number of hydrogen-bond donors (Lipinski definition) is 1. The third-order valence-corrected chi connectivity index (χ3v) is 5.75. The van der Waals surface area contributed by atoms with Crippen LogP contribution >= 0.6 is 0 Å². The van der Waals surface area contributed by atoms with E-state index in [4.69, 9.17) is 4.74 Å². The van der Waals surface area contributed by atoms with Crippen molar-refractivity contribution in [1.82, 2.24) is 10.2 Å². The Kier molecular flexibility index (Phi) is 4.65. The van der Waals surface area contributed by atoms with Gasteiger partial charge in [-0.3, -0.25) is 9.59 Å². The maximum Gasteiger partial charge on any atom is 0.586 e. The number of halogens is 2. The second-order valence-electron chi connectivity index (χ2n) is 7.58. The number of nitrogens with zero attached hydrogens (tertiary/aromatic N) is 1. The van der Waals surface area contributed by atoms with Gasteiger partial charge < -0.3 is 24.4 Å². The first-order valence-electron chi connectivity index (χ1n) is 9.25. The maximum absolute atomic E-state index is 13.4. The highest BCUT2D eigenvalue weighted by Crippen LogP contribution is 2.44. The summed E-state index contributed by atoms with van der Waals surface area (Å²) in [6.07, 6.45) is -2.45. The van der Waals surface area contributed by atoms with E-state index < -0.39 is 6.29 Å². The summed E-state index contributed by atoms with van der Waals surface area (Å²) in [5.41, 5.74) is 0.0648. The number of hydrogen-bond acceptors (Lipinski definition) is 5. The SMILES string of the molecule is CO[C@@H]1C[C@H]2CN(C(=O)c3cccc4c3OC(F)(F)O4)C[C@H]2C[C@H]1NC(C)=O. The van der Waals surface area contributed by atoms with Gasteiger partial charge in [0.15, 0.2) is 11.5 Å². The molecule has 7 nitrogen and oxygen atoms in total. The van der Waals surface area contributed by atoms with Crippen LogP contribution in [-0.4, -0.2) is 55.4 Å². The molecule has 1 saturated carbocycles. The molecule has 3 aliphatic rings. The third-order valence-electron chi connectivity index (χ3n) is 5.75. The minimum Gasteiger partial charge on any atom is -0.395 e. The van der Waals surface area contributed by atoms with Gasteiger partial charge in [-0.15, -0.1) is 8.78 Å². The Morgan fingerprint density at radius 1 is 1.21 bits per heavy atom. The summed E-state index contributed by atoms with van der Waals surface area (Å²) in [5.74, 6) is -0.403. The molecule has 1 aromatic carbocycles. The van der Waals surface area contributed by atoms with Crippen molar-refractivity contribution in [2.75, 3.05) is 20.2 Å². The fourth-order valence-electron chi connectivity index (χ4n) is 4.56. The number of fused-ring (bicyclic) bond motifs is 2. The largest absolute Gasteiger partial charge is 0.586 e. The normalized spacial score (nSPS) is 30.1. The van der Waals surface area contributed by atoms with Crippen molar-refractivity contribution in [3.63, 3.8) is 0 Å². The zero-order valence-corrected chi connectivity index (χ0v) is 15.6. The molecule has 1 N–H and O–H groups in total. The number of rotatable bonds is 3. The summed E-state index contributed by atoms with van der Waals surface area (Å²) in [7, 11) is 1.61. The van der Waals surface area contributed by atoms with Crippen LogP contribution in [0.5, 0.6) is 11.5 Å². The summed E-state index contributed by atoms with van der Waals surface area (Å²) in [6.45, 7) is 2.48. The number of alkyl halides is 2. The molecule has 1 aromatic rings. The molecule has 0 spiro atoms. The number of methoxy groups -OCH3 is 1. The van der Waals surface area contributed by atoms with Crippen molar-refractivity contribution >= 4 is 11.8 Å². The highest BCUT2D eigenvalue weighted by Gasteiger charge is 2.47. The lowest BCUT2D eigenvalue weighted by Gasteiger charge is -2.37. The second kappa shape index (κ2) is 6.88. The highest BCUT2D eigenvalue weighted by molar-refractivity contribution is 5.98. The van der Waals surface area contributed by atoms with Crippen LogP contribution in [0.1, 0.15) is 30.1 Å². The first kappa shape index (κ1) is 18.9. The molecule has 2 aliphatic heterocycles. The van der Waals surface area contributed by atoms with E-state index in [0.29, 0.717) is 19.5 Å². The van der Waals surface area contributed by atoms with Crippen molar-refractivity contribution in [3.8, 4) is 11.5 Å².